The van der Waals surface area contributed by atoms with Gasteiger partial charge in [-0.05, 0) is 25.2 Å². The summed E-state index contributed by atoms with van der Waals surface area (Å²) in [4.78, 5) is 33.9. The molecule has 0 saturated carbocycles. The highest BCUT2D eigenvalue weighted by Gasteiger charge is 2.40. The van der Waals surface area contributed by atoms with Gasteiger partial charge in [-0.2, -0.15) is 0 Å². The second-order valence-electron chi connectivity index (χ2n) is 6.76. The molecule has 0 aromatic carbocycles. The van der Waals surface area contributed by atoms with Crippen molar-refractivity contribution >= 4 is 23.2 Å². The van der Waals surface area contributed by atoms with Crippen LogP contribution in [-0.4, -0.2) is 59.4 Å². The summed E-state index contributed by atoms with van der Waals surface area (Å²) < 4.78 is 13.6. The Balaban J connectivity index is 1.89. The van der Waals surface area contributed by atoms with Gasteiger partial charge in [0.05, 0.1) is 18.1 Å². The van der Waals surface area contributed by atoms with Crippen LogP contribution in [0, 0.1) is 10.8 Å². The number of carbonyl (C=O) groups excluding carboxylic acids is 1. The highest BCUT2D eigenvalue weighted by molar-refractivity contribution is 6.32. The Bertz CT molecular complexity index is 887. The zero-order valence-corrected chi connectivity index (χ0v) is 16.4. The minimum atomic E-state index is -1.33. The van der Waals surface area contributed by atoms with Gasteiger partial charge >= 0.3 is 0 Å². The average Bonchev–Trinajstić information content (AvgIpc) is 2.70. The first-order valence-electron chi connectivity index (χ1n) is 8.94. The van der Waals surface area contributed by atoms with E-state index in [2.05, 4.69) is 25.8 Å². The number of anilines is 1. The lowest BCUT2D eigenvalue weighted by molar-refractivity contribution is -0.124. The SMILES string of the molecule is CN1CC(F)CNC1C(C(=O)Nc1cnccc1-c1cccnc1Cl)C(N)N=O. The maximum atomic E-state index is 13.6. The van der Waals surface area contributed by atoms with Crippen LogP contribution in [0.1, 0.15) is 0 Å². The third-order valence-electron chi connectivity index (χ3n) is 4.77. The van der Waals surface area contributed by atoms with E-state index in [0.717, 1.165) is 0 Å². The van der Waals surface area contributed by atoms with Gasteiger partial charge in [-0.1, -0.05) is 16.8 Å². The van der Waals surface area contributed by atoms with Crippen LogP contribution in [0.4, 0.5) is 10.1 Å². The van der Waals surface area contributed by atoms with Gasteiger partial charge in [-0.25, -0.2) is 9.37 Å². The molecule has 11 heteroatoms. The Morgan fingerprint density at radius 3 is 2.93 bits per heavy atom. The number of rotatable bonds is 6. The quantitative estimate of drug-likeness (QED) is 0.477. The zero-order chi connectivity index (χ0) is 21.0. The molecule has 1 amide bonds. The molecule has 3 rings (SSSR count). The van der Waals surface area contributed by atoms with Crippen LogP contribution in [0.25, 0.3) is 11.1 Å². The van der Waals surface area contributed by atoms with Crippen molar-refractivity contribution in [2.24, 2.45) is 16.8 Å². The number of carbonyl (C=O) groups is 1. The second-order valence-corrected chi connectivity index (χ2v) is 7.12. The number of halogens is 2. The van der Waals surface area contributed by atoms with E-state index in [9.17, 15) is 14.1 Å². The van der Waals surface area contributed by atoms with Crippen molar-refractivity contribution in [3.63, 3.8) is 0 Å². The average molecular weight is 422 g/mol. The largest absolute Gasteiger partial charge is 0.324 e. The van der Waals surface area contributed by atoms with Crippen LogP contribution in [0.15, 0.2) is 42.0 Å². The number of nitrogens with zero attached hydrogens (tertiary/aromatic N) is 4. The standard InChI is InChI=1S/C18H21ClFN7O2/c1-27-9-10(20)7-24-17(27)14(16(21)26-29)18(28)25-13-8-22-6-4-11(13)12-3-2-5-23-15(12)19/h2-6,8,10,14,16-17,24H,7,9,21H2,1H3,(H,25,28). The van der Waals surface area contributed by atoms with Crippen molar-refractivity contribution in [2.75, 3.05) is 25.5 Å². The Kier molecular flexibility index (Phi) is 6.80. The minimum absolute atomic E-state index is 0.0494. The summed E-state index contributed by atoms with van der Waals surface area (Å²) in [6, 6.07) is 5.16. The van der Waals surface area contributed by atoms with E-state index < -0.39 is 30.3 Å². The molecule has 29 heavy (non-hydrogen) atoms. The third kappa shape index (κ3) is 4.73. The smallest absolute Gasteiger partial charge is 0.234 e. The van der Waals surface area contributed by atoms with Gasteiger partial charge in [0.25, 0.3) is 0 Å². The minimum Gasteiger partial charge on any atom is -0.324 e. The number of nitroso groups, excluding NO2 is 1. The summed E-state index contributed by atoms with van der Waals surface area (Å²) in [5.41, 5.74) is 7.41. The topological polar surface area (TPSA) is 126 Å². The molecule has 1 aliphatic rings. The van der Waals surface area contributed by atoms with Crippen LogP contribution < -0.4 is 16.4 Å². The molecule has 4 unspecified atom stereocenters. The van der Waals surface area contributed by atoms with Crippen LogP contribution >= 0.6 is 11.6 Å². The van der Waals surface area contributed by atoms with Gasteiger partial charge in [-0.3, -0.25) is 20.0 Å². The maximum Gasteiger partial charge on any atom is 0.234 e. The van der Waals surface area contributed by atoms with Crippen molar-refractivity contribution in [3.05, 3.63) is 46.8 Å². The van der Waals surface area contributed by atoms with Gasteiger partial charge in [-0.15, -0.1) is 4.91 Å². The van der Waals surface area contributed by atoms with Crippen LogP contribution in [0.3, 0.4) is 0 Å². The molecule has 0 bridgehead atoms. The highest BCUT2D eigenvalue weighted by Crippen LogP contribution is 2.32. The van der Waals surface area contributed by atoms with Crippen LogP contribution in [-0.2, 0) is 4.79 Å². The summed E-state index contributed by atoms with van der Waals surface area (Å²) in [6.45, 7) is 0.157. The molecule has 0 aliphatic carbocycles. The number of nitrogens with two attached hydrogens (primary N) is 1. The van der Waals surface area contributed by atoms with Gasteiger partial charge in [0, 0.05) is 36.6 Å². The molecule has 4 atom stereocenters. The summed E-state index contributed by atoms with van der Waals surface area (Å²) in [7, 11) is 1.64. The van der Waals surface area contributed by atoms with E-state index in [1.165, 1.54) is 6.20 Å². The zero-order valence-electron chi connectivity index (χ0n) is 15.6. The maximum absolute atomic E-state index is 13.6. The van der Waals surface area contributed by atoms with E-state index >= 15 is 0 Å². The Morgan fingerprint density at radius 2 is 2.24 bits per heavy atom. The van der Waals surface area contributed by atoms with E-state index in [4.69, 9.17) is 17.3 Å². The first-order chi connectivity index (χ1) is 13.9. The van der Waals surface area contributed by atoms with Crippen molar-refractivity contribution in [2.45, 2.75) is 18.5 Å². The summed E-state index contributed by atoms with van der Waals surface area (Å²) >= 11 is 6.18. The number of hydrogen-bond acceptors (Lipinski definition) is 8. The molecule has 1 saturated heterocycles. The number of aromatic nitrogens is 2. The number of pyridine rings is 2. The highest BCUT2D eigenvalue weighted by atomic mass is 35.5. The molecule has 1 aliphatic heterocycles. The van der Waals surface area contributed by atoms with Gasteiger partial charge in [0.1, 0.15) is 17.2 Å². The van der Waals surface area contributed by atoms with Crippen LogP contribution in [0.2, 0.25) is 5.15 Å². The molecule has 1 fully saturated rings. The van der Waals surface area contributed by atoms with E-state index in [1.54, 1.807) is 42.5 Å². The Labute approximate surface area is 171 Å². The summed E-state index contributed by atoms with van der Waals surface area (Å²) in [5.74, 6) is -1.60. The lowest BCUT2D eigenvalue weighted by atomic mass is 9.98. The molecule has 0 spiro atoms. The Morgan fingerprint density at radius 1 is 1.45 bits per heavy atom. The number of nitrogens with one attached hydrogen (secondary N) is 2. The van der Waals surface area contributed by atoms with Gasteiger partial charge in [0.15, 0.2) is 6.17 Å². The fourth-order valence-electron chi connectivity index (χ4n) is 3.38. The molecule has 154 valence electrons. The molecule has 4 N–H and O–H groups in total. The number of amides is 1. The van der Waals surface area contributed by atoms with E-state index in [0.29, 0.717) is 16.8 Å². The summed E-state index contributed by atoms with van der Waals surface area (Å²) in [6.07, 6.45) is 1.51. The van der Waals surface area contributed by atoms with E-state index in [-0.39, 0.29) is 18.2 Å². The summed E-state index contributed by atoms with van der Waals surface area (Å²) in [5, 5.41) is 8.77. The molecular weight excluding hydrogens is 401 g/mol. The molecule has 0 radical (unpaired) electrons. The predicted octanol–water partition coefficient (Wildman–Crippen LogP) is 1.60. The molecule has 9 nitrogen and oxygen atoms in total. The van der Waals surface area contributed by atoms with Gasteiger partial charge < -0.3 is 11.1 Å². The third-order valence-corrected chi connectivity index (χ3v) is 5.07. The van der Waals surface area contributed by atoms with Crippen molar-refractivity contribution in [1.82, 2.24) is 20.2 Å². The van der Waals surface area contributed by atoms with Gasteiger partial charge in [0.2, 0.25) is 5.91 Å². The normalized spacial score (nSPS) is 21.9. The monoisotopic (exact) mass is 421 g/mol. The number of hydrogen-bond donors (Lipinski definition) is 3. The van der Waals surface area contributed by atoms with Crippen molar-refractivity contribution < 1.29 is 9.18 Å². The van der Waals surface area contributed by atoms with Crippen molar-refractivity contribution in [1.29, 1.82) is 0 Å². The lowest BCUT2D eigenvalue weighted by Gasteiger charge is -2.39. The Hall–Kier alpha value is -2.53. The van der Waals surface area contributed by atoms with Crippen molar-refractivity contribution in [3.8, 4) is 11.1 Å². The number of alkyl halides is 1. The fourth-order valence-corrected chi connectivity index (χ4v) is 3.60. The van der Waals surface area contributed by atoms with Crippen LogP contribution in [0.5, 0.6) is 0 Å². The predicted molar refractivity (Wildman–Crippen MR) is 108 cm³/mol. The first kappa shape index (κ1) is 21.2. The first-order valence-corrected chi connectivity index (χ1v) is 9.31. The molecule has 2 aromatic heterocycles. The molecule has 2 aromatic rings. The lowest BCUT2D eigenvalue weighted by Crippen LogP contribution is -2.62. The molecule has 3 heterocycles. The van der Waals surface area contributed by atoms with E-state index in [1.807, 2.05) is 0 Å². The second kappa shape index (κ2) is 9.31. The fraction of sp³-hybridized carbons (Fsp3) is 0.389. The molecular formula is C18H21ClFN7O2.